The highest BCUT2D eigenvalue weighted by molar-refractivity contribution is 7.09. The summed E-state index contributed by atoms with van der Waals surface area (Å²) in [7, 11) is 0. The molecule has 1 atom stereocenters. The van der Waals surface area contributed by atoms with Crippen LogP contribution in [0.2, 0.25) is 0 Å². The van der Waals surface area contributed by atoms with Gasteiger partial charge in [0.25, 0.3) is 5.91 Å². The van der Waals surface area contributed by atoms with Crippen molar-refractivity contribution in [1.29, 1.82) is 0 Å². The third-order valence-corrected chi connectivity index (χ3v) is 4.73. The number of hydrogen-bond acceptors (Lipinski definition) is 4. The van der Waals surface area contributed by atoms with E-state index in [2.05, 4.69) is 11.1 Å². The molecule has 0 bridgehead atoms. The molecule has 124 valence electrons. The summed E-state index contributed by atoms with van der Waals surface area (Å²) >= 11 is 1.47. The van der Waals surface area contributed by atoms with Gasteiger partial charge in [-0.25, -0.2) is 4.98 Å². The van der Waals surface area contributed by atoms with Crippen molar-refractivity contribution in [3.63, 3.8) is 0 Å². The van der Waals surface area contributed by atoms with Gasteiger partial charge in [-0.3, -0.25) is 4.79 Å². The minimum absolute atomic E-state index is 0.0626. The van der Waals surface area contributed by atoms with Crippen LogP contribution in [-0.4, -0.2) is 24.0 Å². The van der Waals surface area contributed by atoms with Crippen LogP contribution >= 0.6 is 11.3 Å². The Morgan fingerprint density at radius 3 is 2.74 bits per heavy atom. The number of carbonyl (C=O) groups excluding carboxylic acids is 1. The number of carbonyl (C=O) groups is 1. The average Bonchev–Trinajstić information content (AvgIpc) is 3.01. The van der Waals surface area contributed by atoms with E-state index in [1.807, 2.05) is 52.1 Å². The molecule has 0 radical (unpaired) electrons. The molecule has 1 aromatic carbocycles. The van der Waals surface area contributed by atoms with Crippen LogP contribution in [0, 0.1) is 13.8 Å². The van der Waals surface area contributed by atoms with Gasteiger partial charge in [-0.05, 0) is 51.8 Å². The summed E-state index contributed by atoms with van der Waals surface area (Å²) < 4.78 is 5.55. The van der Waals surface area contributed by atoms with Crippen LogP contribution in [0.15, 0.2) is 23.6 Å². The van der Waals surface area contributed by atoms with Crippen molar-refractivity contribution >= 4 is 22.9 Å². The second-order valence-electron chi connectivity index (χ2n) is 5.51. The molecular formula is C18H24N2O2S. The molecule has 1 aromatic heterocycles. The Morgan fingerprint density at radius 1 is 1.35 bits per heavy atom. The largest absolute Gasteiger partial charge is 0.372 e. The van der Waals surface area contributed by atoms with Crippen molar-refractivity contribution in [1.82, 2.24) is 4.98 Å². The molecule has 0 aliphatic carbocycles. The van der Waals surface area contributed by atoms with Crippen molar-refractivity contribution in [3.05, 3.63) is 45.4 Å². The van der Waals surface area contributed by atoms with E-state index in [9.17, 15) is 4.79 Å². The van der Waals surface area contributed by atoms with Crippen LogP contribution in [0.1, 0.15) is 53.5 Å². The van der Waals surface area contributed by atoms with Crippen molar-refractivity contribution < 1.29 is 9.53 Å². The number of nitrogens with zero attached hydrogens (tertiary/aromatic N) is 2. The number of anilines is 1. The SMILES string of the molecule is CCO[C@@H](C)c1nc(C(=O)N(CC)c2cc(C)ccc2C)cs1. The predicted octanol–water partition coefficient (Wildman–Crippen LogP) is 4.52. The first kappa shape index (κ1) is 17.6. The van der Waals surface area contributed by atoms with Crippen LogP contribution in [0.3, 0.4) is 0 Å². The summed E-state index contributed by atoms with van der Waals surface area (Å²) in [5, 5.41) is 2.66. The van der Waals surface area contributed by atoms with Gasteiger partial charge in [0.2, 0.25) is 0 Å². The van der Waals surface area contributed by atoms with Gasteiger partial charge in [0.15, 0.2) is 0 Å². The zero-order chi connectivity index (χ0) is 17.0. The zero-order valence-corrected chi connectivity index (χ0v) is 15.2. The van der Waals surface area contributed by atoms with E-state index in [0.29, 0.717) is 18.8 Å². The monoisotopic (exact) mass is 332 g/mol. The van der Waals surface area contributed by atoms with Gasteiger partial charge in [0.05, 0.1) is 0 Å². The molecule has 4 nitrogen and oxygen atoms in total. The van der Waals surface area contributed by atoms with Gasteiger partial charge < -0.3 is 9.64 Å². The van der Waals surface area contributed by atoms with Gasteiger partial charge in [-0.15, -0.1) is 11.3 Å². The number of hydrogen-bond donors (Lipinski definition) is 0. The number of aryl methyl sites for hydroxylation is 2. The molecule has 0 saturated heterocycles. The Kier molecular flexibility index (Phi) is 5.91. The molecule has 5 heteroatoms. The predicted molar refractivity (Wildman–Crippen MR) is 95.4 cm³/mol. The number of benzene rings is 1. The maximum absolute atomic E-state index is 12.9. The third kappa shape index (κ3) is 3.98. The van der Waals surface area contributed by atoms with E-state index < -0.39 is 0 Å². The van der Waals surface area contributed by atoms with Crippen molar-refractivity contribution in [2.75, 3.05) is 18.1 Å². The molecule has 1 amide bonds. The fourth-order valence-electron chi connectivity index (χ4n) is 2.47. The summed E-state index contributed by atoms with van der Waals surface area (Å²) in [6.07, 6.45) is -0.0812. The maximum atomic E-state index is 12.9. The number of amides is 1. The molecule has 0 aliphatic heterocycles. The lowest BCUT2D eigenvalue weighted by Crippen LogP contribution is -2.31. The van der Waals surface area contributed by atoms with E-state index in [-0.39, 0.29) is 12.0 Å². The Bertz CT molecular complexity index is 681. The van der Waals surface area contributed by atoms with Gasteiger partial charge in [-0.1, -0.05) is 12.1 Å². The normalized spacial score (nSPS) is 12.2. The van der Waals surface area contributed by atoms with Crippen LogP contribution in [0.25, 0.3) is 0 Å². The van der Waals surface area contributed by atoms with Crippen molar-refractivity contribution in [2.24, 2.45) is 0 Å². The maximum Gasteiger partial charge on any atom is 0.277 e. The lowest BCUT2D eigenvalue weighted by Gasteiger charge is -2.22. The molecule has 2 rings (SSSR count). The summed E-state index contributed by atoms with van der Waals surface area (Å²) in [5.74, 6) is -0.0626. The Hall–Kier alpha value is -1.72. The first-order valence-electron chi connectivity index (χ1n) is 7.94. The van der Waals surface area contributed by atoms with Gasteiger partial charge in [0.1, 0.15) is 16.8 Å². The Morgan fingerprint density at radius 2 is 2.09 bits per heavy atom. The number of thiazole rings is 1. The fraction of sp³-hybridized carbons (Fsp3) is 0.444. The minimum Gasteiger partial charge on any atom is -0.372 e. The molecule has 0 fully saturated rings. The number of rotatable bonds is 6. The molecule has 0 N–H and O–H groups in total. The van der Waals surface area contributed by atoms with Crippen LogP contribution in [0.4, 0.5) is 5.69 Å². The molecular weight excluding hydrogens is 308 g/mol. The number of ether oxygens (including phenoxy) is 1. The van der Waals surface area contributed by atoms with E-state index in [1.165, 1.54) is 11.3 Å². The molecule has 0 spiro atoms. The first-order valence-corrected chi connectivity index (χ1v) is 8.82. The Balaban J connectivity index is 2.28. The van der Waals surface area contributed by atoms with E-state index in [0.717, 1.165) is 21.8 Å². The highest BCUT2D eigenvalue weighted by Crippen LogP contribution is 2.26. The summed E-state index contributed by atoms with van der Waals surface area (Å²) in [4.78, 5) is 19.1. The zero-order valence-electron chi connectivity index (χ0n) is 14.4. The van der Waals surface area contributed by atoms with Crippen LogP contribution in [-0.2, 0) is 4.74 Å². The van der Waals surface area contributed by atoms with E-state index >= 15 is 0 Å². The third-order valence-electron chi connectivity index (χ3n) is 3.72. The molecule has 0 aliphatic rings. The van der Waals surface area contributed by atoms with Crippen molar-refractivity contribution in [3.8, 4) is 0 Å². The molecule has 2 aromatic rings. The Labute approximate surface area is 142 Å². The standard InChI is InChI=1S/C18H24N2O2S/c1-6-20(16-10-12(3)8-9-13(16)4)18(21)15-11-23-17(19-15)14(5)22-7-2/h8-11,14H,6-7H2,1-5H3/t14-/m0/s1. The minimum atomic E-state index is -0.0812. The fourth-order valence-corrected chi connectivity index (χ4v) is 3.26. The van der Waals surface area contributed by atoms with Crippen LogP contribution in [0.5, 0.6) is 0 Å². The smallest absolute Gasteiger partial charge is 0.277 e. The van der Waals surface area contributed by atoms with E-state index in [4.69, 9.17) is 4.74 Å². The summed E-state index contributed by atoms with van der Waals surface area (Å²) in [6, 6.07) is 6.15. The van der Waals surface area contributed by atoms with E-state index in [1.54, 1.807) is 4.90 Å². The second kappa shape index (κ2) is 7.70. The lowest BCUT2D eigenvalue weighted by atomic mass is 10.1. The molecule has 23 heavy (non-hydrogen) atoms. The summed E-state index contributed by atoms with van der Waals surface area (Å²) in [6.45, 7) is 11.2. The number of aromatic nitrogens is 1. The van der Waals surface area contributed by atoms with Gasteiger partial charge in [0, 0.05) is 24.2 Å². The highest BCUT2D eigenvalue weighted by Gasteiger charge is 2.21. The second-order valence-corrected chi connectivity index (χ2v) is 6.40. The van der Waals surface area contributed by atoms with Gasteiger partial charge in [-0.2, -0.15) is 0 Å². The first-order chi connectivity index (χ1) is 11.0. The average molecular weight is 332 g/mol. The lowest BCUT2D eigenvalue weighted by molar-refractivity contribution is 0.0760. The molecule has 0 unspecified atom stereocenters. The van der Waals surface area contributed by atoms with Gasteiger partial charge >= 0.3 is 0 Å². The van der Waals surface area contributed by atoms with Crippen LogP contribution < -0.4 is 4.90 Å². The highest BCUT2D eigenvalue weighted by atomic mass is 32.1. The van der Waals surface area contributed by atoms with Crippen molar-refractivity contribution in [2.45, 2.75) is 40.7 Å². The topological polar surface area (TPSA) is 42.4 Å². The summed E-state index contributed by atoms with van der Waals surface area (Å²) in [5.41, 5.74) is 3.66. The molecule has 0 saturated carbocycles. The quantitative estimate of drug-likeness (QED) is 0.781. The molecule has 1 heterocycles.